The Morgan fingerprint density at radius 2 is 2.22 bits per heavy atom. The van der Waals surface area contributed by atoms with Crippen molar-refractivity contribution in [2.24, 2.45) is 5.73 Å². The standard InChI is InChI=1S/C13H16N2O2S/c1-9-13(16)15(8-4-7-12(14)18)10-5-2-3-6-11(10)17-9/h2-3,5-6,9H,4,7-8H2,1H3,(H2,14,18). The summed E-state index contributed by atoms with van der Waals surface area (Å²) in [6, 6.07) is 7.55. The van der Waals surface area contributed by atoms with E-state index in [-0.39, 0.29) is 5.91 Å². The monoisotopic (exact) mass is 264 g/mol. The van der Waals surface area contributed by atoms with E-state index in [1.807, 2.05) is 24.3 Å². The van der Waals surface area contributed by atoms with Crippen LogP contribution in [0.5, 0.6) is 5.75 Å². The molecule has 0 radical (unpaired) electrons. The highest BCUT2D eigenvalue weighted by Crippen LogP contribution is 2.33. The van der Waals surface area contributed by atoms with Gasteiger partial charge in [-0.15, -0.1) is 0 Å². The van der Waals surface area contributed by atoms with Crippen LogP contribution in [0.2, 0.25) is 0 Å². The van der Waals surface area contributed by atoms with Crippen molar-refractivity contribution in [3.63, 3.8) is 0 Å². The third-order valence-electron chi connectivity index (χ3n) is 2.88. The Morgan fingerprint density at radius 3 is 2.94 bits per heavy atom. The number of amides is 1. The molecule has 0 fully saturated rings. The van der Waals surface area contributed by atoms with Crippen LogP contribution in [-0.2, 0) is 4.79 Å². The maximum Gasteiger partial charge on any atom is 0.267 e. The minimum atomic E-state index is -0.440. The van der Waals surface area contributed by atoms with Gasteiger partial charge in [0.25, 0.3) is 5.91 Å². The van der Waals surface area contributed by atoms with Crippen LogP contribution in [0, 0.1) is 0 Å². The summed E-state index contributed by atoms with van der Waals surface area (Å²) in [6.07, 6.45) is 0.975. The van der Waals surface area contributed by atoms with Crippen molar-refractivity contribution in [1.82, 2.24) is 0 Å². The van der Waals surface area contributed by atoms with E-state index in [1.165, 1.54) is 0 Å². The Kier molecular flexibility index (Phi) is 3.81. The van der Waals surface area contributed by atoms with Crippen LogP contribution in [0.25, 0.3) is 0 Å². The molecule has 1 amide bonds. The first-order valence-corrected chi connectivity index (χ1v) is 6.36. The second-order valence-electron chi connectivity index (χ2n) is 4.29. The van der Waals surface area contributed by atoms with Gasteiger partial charge in [0.1, 0.15) is 5.75 Å². The van der Waals surface area contributed by atoms with Gasteiger partial charge in [-0.3, -0.25) is 4.79 Å². The number of para-hydroxylation sites is 2. The quantitative estimate of drug-likeness (QED) is 0.843. The zero-order chi connectivity index (χ0) is 13.1. The highest BCUT2D eigenvalue weighted by Gasteiger charge is 2.30. The first-order chi connectivity index (χ1) is 8.59. The minimum Gasteiger partial charge on any atom is -0.479 e. The molecule has 1 aromatic carbocycles. The fourth-order valence-electron chi connectivity index (χ4n) is 2.00. The second-order valence-corrected chi connectivity index (χ2v) is 4.81. The van der Waals surface area contributed by atoms with Crippen molar-refractivity contribution in [2.75, 3.05) is 11.4 Å². The van der Waals surface area contributed by atoms with Crippen LogP contribution in [0.1, 0.15) is 19.8 Å². The first-order valence-electron chi connectivity index (χ1n) is 5.95. The number of fused-ring (bicyclic) bond motifs is 1. The zero-order valence-electron chi connectivity index (χ0n) is 10.3. The number of anilines is 1. The lowest BCUT2D eigenvalue weighted by Crippen LogP contribution is -2.45. The molecule has 1 unspecified atom stereocenters. The van der Waals surface area contributed by atoms with Crippen LogP contribution in [0.15, 0.2) is 24.3 Å². The van der Waals surface area contributed by atoms with E-state index in [2.05, 4.69) is 0 Å². The molecule has 0 aromatic heterocycles. The van der Waals surface area contributed by atoms with Gasteiger partial charge in [0.2, 0.25) is 0 Å². The van der Waals surface area contributed by atoms with E-state index < -0.39 is 6.10 Å². The summed E-state index contributed by atoms with van der Waals surface area (Å²) >= 11 is 4.84. The summed E-state index contributed by atoms with van der Waals surface area (Å²) in [7, 11) is 0. The normalized spacial score (nSPS) is 18.2. The SMILES string of the molecule is CC1Oc2ccccc2N(CCCC(N)=S)C1=O. The van der Waals surface area contributed by atoms with E-state index >= 15 is 0 Å². The van der Waals surface area contributed by atoms with Crippen molar-refractivity contribution in [2.45, 2.75) is 25.9 Å². The molecule has 0 spiro atoms. The van der Waals surface area contributed by atoms with Crippen molar-refractivity contribution in [3.05, 3.63) is 24.3 Å². The molecule has 1 heterocycles. The molecule has 5 heteroatoms. The Hall–Kier alpha value is -1.62. The van der Waals surface area contributed by atoms with Gasteiger partial charge in [0.15, 0.2) is 6.10 Å². The predicted octanol–water partition coefficient (Wildman–Crippen LogP) is 1.87. The van der Waals surface area contributed by atoms with E-state index in [9.17, 15) is 4.79 Å². The van der Waals surface area contributed by atoms with Gasteiger partial charge in [0.05, 0.1) is 10.7 Å². The van der Waals surface area contributed by atoms with Gasteiger partial charge in [-0.2, -0.15) is 0 Å². The summed E-state index contributed by atoms with van der Waals surface area (Å²) in [5.41, 5.74) is 6.29. The first kappa shape index (κ1) is 12.8. The van der Waals surface area contributed by atoms with Crippen LogP contribution in [0.3, 0.4) is 0 Å². The Bertz CT molecular complexity index is 476. The molecular formula is C13H16N2O2S. The van der Waals surface area contributed by atoms with Gasteiger partial charge in [-0.1, -0.05) is 24.4 Å². The number of thiocarbonyl (C=S) groups is 1. The molecule has 0 saturated heterocycles. The maximum absolute atomic E-state index is 12.1. The molecule has 18 heavy (non-hydrogen) atoms. The molecule has 2 rings (SSSR count). The predicted molar refractivity (Wildman–Crippen MR) is 74.9 cm³/mol. The highest BCUT2D eigenvalue weighted by molar-refractivity contribution is 7.80. The molecule has 2 N–H and O–H groups in total. The van der Waals surface area contributed by atoms with Crippen LogP contribution in [0.4, 0.5) is 5.69 Å². The molecule has 1 aromatic rings. The molecule has 0 aliphatic carbocycles. The van der Waals surface area contributed by atoms with Crippen LogP contribution >= 0.6 is 12.2 Å². The lowest BCUT2D eigenvalue weighted by Gasteiger charge is -2.32. The average Bonchev–Trinajstić information content (AvgIpc) is 2.33. The van der Waals surface area contributed by atoms with Gasteiger partial charge in [-0.25, -0.2) is 0 Å². The third kappa shape index (κ3) is 2.61. The van der Waals surface area contributed by atoms with E-state index in [1.54, 1.807) is 11.8 Å². The number of hydrogen-bond acceptors (Lipinski definition) is 3. The number of ether oxygens (including phenoxy) is 1. The molecule has 1 aliphatic heterocycles. The average molecular weight is 264 g/mol. The number of benzene rings is 1. The van der Waals surface area contributed by atoms with E-state index in [0.717, 1.165) is 17.9 Å². The lowest BCUT2D eigenvalue weighted by molar-refractivity contribution is -0.125. The van der Waals surface area contributed by atoms with Crippen molar-refractivity contribution < 1.29 is 9.53 Å². The molecule has 4 nitrogen and oxygen atoms in total. The zero-order valence-corrected chi connectivity index (χ0v) is 11.1. The van der Waals surface area contributed by atoms with Crippen LogP contribution < -0.4 is 15.4 Å². The fraction of sp³-hybridized carbons (Fsp3) is 0.385. The summed E-state index contributed by atoms with van der Waals surface area (Å²) in [5, 5.41) is 0. The fourth-order valence-corrected chi connectivity index (χ4v) is 2.15. The Labute approximate surface area is 112 Å². The number of carbonyl (C=O) groups excluding carboxylic acids is 1. The maximum atomic E-state index is 12.1. The second kappa shape index (κ2) is 5.35. The van der Waals surface area contributed by atoms with Crippen LogP contribution in [-0.4, -0.2) is 23.5 Å². The molecule has 1 atom stereocenters. The van der Waals surface area contributed by atoms with Crippen molar-refractivity contribution in [1.29, 1.82) is 0 Å². The molecule has 0 saturated carbocycles. The number of rotatable bonds is 4. The molecule has 1 aliphatic rings. The number of hydrogen-bond donors (Lipinski definition) is 1. The van der Waals surface area contributed by atoms with Crippen molar-refractivity contribution >= 4 is 28.8 Å². The number of nitrogens with two attached hydrogens (primary N) is 1. The molecular weight excluding hydrogens is 248 g/mol. The van der Waals surface area contributed by atoms with E-state index in [4.69, 9.17) is 22.7 Å². The topological polar surface area (TPSA) is 55.6 Å². The molecule has 0 bridgehead atoms. The number of carbonyl (C=O) groups is 1. The lowest BCUT2D eigenvalue weighted by atomic mass is 10.1. The van der Waals surface area contributed by atoms with Gasteiger partial charge >= 0.3 is 0 Å². The van der Waals surface area contributed by atoms with Gasteiger partial charge in [0, 0.05) is 6.54 Å². The largest absolute Gasteiger partial charge is 0.479 e. The summed E-state index contributed by atoms with van der Waals surface area (Å²) in [5.74, 6) is 0.733. The minimum absolute atomic E-state index is 0.0170. The third-order valence-corrected chi connectivity index (χ3v) is 3.08. The van der Waals surface area contributed by atoms with Gasteiger partial charge in [-0.05, 0) is 31.9 Å². The summed E-state index contributed by atoms with van der Waals surface area (Å²) < 4.78 is 5.56. The van der Waals surface area contributed by atoms with Gasteiger partial charge < -0.3 is 15.4 Å². The van der Waals surface area contributed by atoms with Crippen molar-refractivity contribution in [3.8, 4) is 5.75 Å². The van der Waals surface area contributed by atoms with E-state index in [0.29, 0.717) is 18.0 Å². The Morgan fingerprint density at radius 1 is 1.50 bits per heavy atom. The number of nitrogens with zero attached hydrogens (tertiary/aromatic N) is 1. The highest BCUT2D eigenvalue weighted by atomic mass is 32.1. The summed E-state index contributed by atoms with van der Waals surface area (Å²) in [6.45, 7) is 2.37. The summed E-state index contributed by atoms with van der Waals surface area (Å²) in [4.78, 5) is 14.3. The smallest absolute Gasteiger partial charge is 0.267 e. The molecule has 96 valence electrons. The Balaban J connectivity index is 2.16.